The minimum Gasteiger partial charge on any atom is -0.376 e. The third-order valence-electron chi connectivity index (χ3n) is 3.00. The fraction of sp³-hybridized carbons (Fsp3) is 0.750. The summed E-state index contributed by atoms with van der Waals surface area (Å²) in [5.41, 5.74) is -0.0454. The maximum absolute atomic E-state index is 5.67. The Morgan fingerprint density at radius 3 is 3.18 bits per heavy atom. The van der Waals surface area contributed by atoms with Gasteiger partial charge in [-0.3, -0.25) is 0 Å². The van der Waals surface area contributed by atoms with E-state index < -0.39 is 0 Å². The molecule has 2 N–H and O–H groups in total. The van der Waals surface area contributed by atoms with Gasteiger partial charge < -0.3 is 15.4 Å². The van der Waals surface area contributed by atoms with Gasteiger partial charge in [-0.1, -0.05) is 0 Å². The Morgan fingerprint density at radius 1 is 1.65 bits per heavy atom. The molecule has 1 aromatic heterocycles. The molecule has 2 heterocycles. The van der Waals surface area contributed by atoms with E-state index in [9.17, 15) is 0 Å². The minimum absolute atomic E-state index is 0.0454. The normalized spacial score (nSPS) is 21.6. The monoisotopic (exact) mass is 255 g/mol. The highest BCUT2D eigenvalue weighted by Crippen LogP contribution is 2.21. The molecule has 0 radical (unpaired) electrons. The van der Waals surface area contributed by atoms with Crippen LogP contribution in [-0.4, -0.2) is 37.3 Å². The molecule has 4 nitrogen and oxygen atoms in total. The molecule has 0 amide bonds. The van der Waals surface area contributed by atoms with Crippen molar-refractivity contribution >= 4 is 11.3 Å². The molecule has 1 aliphatic heterocycles. The molecule has 2 rings (SSSR count). The van der Waals surface area contributed by atoms with Crippen molar-refractivity contribution in [1.29, 1.82) is 0 Å². The fourth-order valence-electron chi connectivity index (χ4n) is 1.96. The molecule has 5 heteroatoms. The predicted molar refractivity (Wildman–Crippen MR) is 70.4 cm³/mol. The second-order valence-corrected chi connectivity index (χ2v) is 5.77. The molecule has 17 heavy (non-hydrogen) atoms. The molecular weight excluding hydrogens is 234 g/mol. The van der Waals surface area contributed by atoms with Crippen molar-refractivity contribution in [2.45, 2.75) is 31.9 Å². The largest absolute Gasteiger partial charge is 0.376 e. The van der Waals surface area contributed by atoms with Gasteiger partial charge in [0.05, 0.1) is 18.2 Å². The molecule has 1 atom stereocenters. The Bertz CT molecular complexity index is 321. The Hall–Kier alpha value is -0.490. The minimum atomic E-state index is -0.0454. The Balaban J connectivity index is 1.74. The van der Waals surface area contributed by atoms with E-state index in [4.69, 9.17) is 4.74 Å². The van der Waals surface area contributed by atoms with Crippen LogP contribution in [-0.2, 0) is 10.3 Å². The number of hydrogen-bond donors (Lipinski definition) is 2. The van der Waals surface area contributed by atoms with Crippen LogP contribution < -0.4 is 10.6 Å². The van der Waals surface area contributed by atoms with Crippen molar-refractivity contribution in [3.05, 3.63) is 16.6 Å². The van der Waals surface area contributed by atoms with E-state index in [0.29, 0.717) is 6.10 Å². The van der Waals surface area contributed by atoms with Crippen LogP contribution in [0.4, 0.5) is 0 Å². The third-order valence-corrected chi connectivity index (χ3v) is 4.10. The maximum Gasteiger partial charge on any atom is 0.112 e. The van der Waals surface area contributed by atoms with Gasteiger partial charge in [-0.05, 0) is 26.8 Å². The molecule has 1 aliphatic rings. The number of ether oxygens (including phenoxy) is 1. The van der Waals surface area contributed by atoms with Crippen LogP contribution in [0, 0.1) is 0 Å². The van der Waals surface area contributed by atoms with E-state index in [1.54, 1.807) is 11.3 Å². The molecule has 1 aromatic rings. The summed E-state index contributed by atoms with van der Waals surface area (Å²) in [6.45, 7) is 8.09. The lowest BCUT2D eigenvalue weighted by Crippen LogP contribution is -2.42. The second-order valence-electron chi connectivity index (χ2n) is 4.87. The SMILES string of the molecule is CC(C)(NCCC1CNCCO1)c1nccs1. The van der Waals surface area contributed by atoms with E-state index in [1.807, 2.05) is 11.6 Å². The summed E-state index contributed by atoms with van der Waals surface area (Å²) in [4.78, 5) is 4.37. The lowest BCUT2D eigenvalue weighted by Gasteiger charge is -2.27. The van der Waals surface area contributed by atoms with Crippen LogP contribution in [0.2, 0.25) is 0 Å². The van der Waals surface area contributed by atoms with E-state index in [-0.39, 0.29) is 5.54 Å². The van der Waals surface area contributed by atoms with Crippen LogP contribution in [0.1, 0.15) is 25.3 Å². The van der Waals surface area contributed by atoms with Crippen LogP contribution >= 0.6 is 11.3 Å². The standard InChI is InChI=1S/C12H21N3OS/c1-12(2,11-14-6-8-17-11)15-4-3-10-9-13-5-7-16-10/h6,8,10,13,15H,3-5,7,9H2,1-2H3. The molecule has 0 spiro atoms. The zero-order chi connectivity index (χ0) is 12.1. The zero-order valence-electron chi connectivity index (χ0n) is 10.5. The van der Waals surface area contributed by atoms with Crippen molar-refractivity contribution in [2.24, 2.45) is 0 Å². The van der Waals surface area contributed by atoms with Crippen molar-refractivity contribution in [3.63, 3.8) is 0 Å². The quantitative estimate of drug-likeness (QED) is 0.833. The van der Waals surface area contributed by atoms with Gasteiger partial charge in [-0.2, -0.15) is 0 Å². The summed E-state index contributed by atoms with van der Waals surface area (Å²) in [5.74, 6) is 0. The first kappa shape index (κ1) is 13.0. The van der Waals surface area contributed by atoms with Gasteiger partial charge in [0.15, 0.2) is 0 Å². The first-order valence-corrected chi connectivity index (χ1v) is 7.04. The number of aromatic nitrogens is 1. The number of thiazole rings is 1. The van der Waals surface area contributed by atoms with Crippen LogP contribution in [0.15, 0.2) is 11.6 Å². The molecule has 0 bridgehead atoms. The van der Waals surface area contributed by atoms with Crippen molar-refractivity contribution in [1.82, 2.24) is 15.6 Å². The van der Waals surface area contributed by atoms with Crippen molar-refractivity contribution in [2.75, 3.05) is 26.2 Å². The molecule has 1 fully saturated rings. The van der Waals surface area contributed by atoms with Crippen LogP contribution in [0.3, 0.4) is 0 Å². The van der Waals surface area contributed by atoms with Gasteiger partial charge in [-0.15, -0.1) is 11.3 Å². The maximum atomic E-state index is 5.67. The fourth-order valence-corrected chi connectivity index (χ4v) is 2.70. The van der Waals surface area contributed by atoms with Gasteiger partial charge >= 0.3 is 0 Å². The number of morpholine rings is 1. The number of rotatable bonds is 5. The zero-order valence-corrected chi connectivity index (χ0v) is 11.3. The molecule has 0 aliphatic carbocycles. The van der Waals surface area contributed by atoms with Gasteiger partial charge in [0.1, 0.15) is 5.01 Å². The summed E-state index contributed by atoms with van der Waals surface area (Å²) in [7, 11) is 0. The molecule has 96 valence electrons. The highest BCUT2D eigenvalue weighted by atomic mass is 32.1. The van der Waals surface area contributed by atoms with Crippen LogP contribution in [0.25, 0.3) is 0 Å². The average Bonchev–Trinajstić information content (AvgIpc) is 2.84. The molecular formula is C12H21N3OS. The number of nitrogens with zero attached hydrogens (tertiary/aromatic N) is 1. The number of hydrogen-bond acceptors (Lipinski definition) is 5. The molecule has 1 unspecified atom stereocenters. The smallest absolute Gasteiger partial charge is 0.112 e. The summed E-state index contributed by atoms with van der Waals surface area (Å²) >= 11 is 1.70. The van der Waals surface area contributed by atoms with Gasteiger partial charge in [-0.25, -0.2) is 4.98 Å². The van der Waals surface area contributed by atoms with E-state index in [0.717, 1.165) is 37.7 Å². The molecule has 0 saturated carbocycles. The van der Waals surface area contributed by atoms with Gasteiger partial charge in [0.25, 0.3) is 0 Å². The number of nitrogens with one attached hydrogen (secondary N) is 2. The van der Waals surface area contributed by atoms with E-state index in [1.165, 1.54) is 0 Å². The topological polar surface area (TPSA) is 46.2 Å². The van der Waals surface area contributed by atoms with E-state index in [2.05, 4.69) is 29.5 Å². The lowest BCUT2D eigenvalue weighted by atomic mass is 10.1. The molecule has 1 saturated heterocycles. The Kier molecular flexibility index (Phi) is 4.50. The third kappa shape index (κ3) is 3.74. The van der Waals surface area contributed by atoms with Crippen LogP contribution in [0.5, 0.6) is 0 Å². The first-order valence-electron chi connectivity index (χ1n) is 6.16. The summed E-state index contributed by atoms with van der Waals surface area (Å²) in [5, 5.41) is 10.1. The second kappa shape index (κ2) is 5.91. The predicted octanol–water partition coefficient (Wildman–Crippen LogP) is 1.35. The highest BCUT2D eigenvalue weighted by Gasteiger charge is 2.23. The van der Waals surface area contributed by atoms with Crippen molar-refractivity contribution < 1.29 is 4.74 Å². The Labute approximate surface area is 107 Å². The average molecular weight is 255 g/mol. The van der Waals surface area contributed by atoms with Gasteiger partial charge in [0, 0.05) is 24.7 Å². The lowest BCUT2D eigenvalue weighted by molar-refractivity contribution is 0.0228. The van der Waals surface area contributed by atoms with E-state index >= 15 is 0 Å². The van der Waals surface area contributed by atoms with Gasteiger partial charge in [0.2, 0.25) is 0 Å². The van der Waals surface area contributed by atoms with Crippen molar-refractivity contribution in [3.8, 4) is 0 Å². The summed E-state index contributed by atoms with van der Waals surface area (Å²) in [6.07, 6.45) is 3.25. The molecule has 0 aromatic carbocycles. The summed E-state index contributed by atoms with van der Waals surface area (Å²) in [6, 6.07) is 0. The summed E-state index contributed by atoms with van der Waals surface area (Å²) < 4.78 is 5.67. The Morgan fingerprint density at radius 2 is 2.53 bits per heavy atom. The first-order chi connectivity index (χ1) is 8.18. The highest BCUT2D eigenvalue weighted by molar-refractivity contribution is 7.09.